The molecule has 0 saturated carbocycles. The van der Waals surface area contributed by atoms with Crippen molar-refractivity contribution < 1.29 is 57.0 Å². The first-order valence-electron chi connectivity index (χ1n) is 21.1. The number of rotatable bonds is 15. The minimum Gasteiger partial charge on any atom is -0.377 e. The summed E-state index contributed by atoms with van der Waals surface area (Å²) in [5, 5.41) is 0. The molecule has 0 unspecified atom stereocenters. The van der Waals surface area contributed by atoms with Gasteiger partial charge in [0.2, 0.25) is 11.8 Å². The zero-order valence-electron chi connectivity index (χ0n) is 33.7. The zero-order valence-corrected chi connectivity index (χ0v) is 33.7. The van der Waals surface area contributed by atoms with E-state index in [-0.39, 0.29) is 11.8 Å². The fraction of sp³-hybridized carbons (Fsp3) is 0.950. The molecular formula is C40H76N2O12. The number of nitrogens with zero attached hydrogens (tertiary/aromatic N) is 2. The van der Waals surface area contributed by atoms with Gasteiger partial charge in [-0.2, -0.15) is 0 Å². The molecule has 0 spiro atoms. The Morgan fingerprint density at radius 2 is 0.426 bits per heavy atom. The lowest BCUT2D eigenvalue weighted by Crippen LogP contribution is -2.37. The van der Waals surface area contributed by atoms with E-state index in [0.717, 1.165) is 25.7 Å². The molecule has 0 atom stereocenters. The first-order chi connectivity index (χ1) is 26.8. The van der Waals surface area contributed by atoms with Crippen molar-refractivity contribution in [1.82, 2.24) is 9.80 Å². The highest BCUT2D eigenvalue weighted by molar-refractivity contribution is 5.76. The first-order valence-corrected chi connectivity index (χ1v) is 21.1. The number of amides is 2. The molecule has 2 fully saturated rings. The molecule has 54 heavy (non-hydrogen) atoms. The molecule has 0 aromatic heterocycles. The van der Waals surface area contributed by atoms with Crippen LogP contribution in [0.15, 0.2) is 0 Å². The van der Waals surface area contributed by atoms with Gasteiger partial charge in [-0.1, -0.05) is 64.2 Å². The number of ether oxygens (including phenoxy) is 10. The molecule has 2 rings (SSSR count). The van der Waals surface area contributed by atoms with E-state index >= 15 is 0 Å². The Morgan fingerprint density at radius 3 is 0.630 bits per heavy atom. The monoisotopic (exact) mass is 777 g/mol. The third-order valence-corrected chi connectivity index (χ3v) is 9.23. The molecule has 2 aliphatic rings. The molecule has 2 saturated heterocycles. The van der Waals surface area contributed by atoms with E-state index in [1.54, 1.807) is 0 Å². The van der Waals surface area contributed by atoms with Crippen LogP contribution in [0.25, 0.3) is 0 Å². The summed E-state index contributed by atoms with van der Waals surface area (Å²) < 4.78 is 55.8. The van der Waals surface area contributed by atoms with Crippen molar-refractivity contribution in [3.8, 4) is 0 Å². The molecule has 2 aliphatic heterocycles. The van der Waals surface area contributed by atoms with Crippen molar-refractivity contribution in [2.24, 2.45) is 0 Å². The fourth-order valence-electron chi connectivity index (χ4n) is 6.02. The molecule has 2 heterocycles. The molecule has 0 aromatic rings. The van der Waals surface area contributed by atoms with Crippen molar-refractivity contribution in [1.29, 1.82) is 0 Å². The van der Waals surface area contributed by atoms with Crippen molar-refractivity contribution in [3.63, 3.8) is 0 Å². The van der Waals surface area contributed by atoms with Gasteiger partial charge in [0.25, 0.3) is 0 Å². The maximum absolute atomic E-state index is 13.0. The summed E-state index contributed by atoms with van der Waals surface area (Å²) in [5.74, 6) is 0.350. The Labute approximate surface area is 326 Å². The highest BCUT2D eigenvalue weighted by atomic mass is 16.6. The van der Waals surface area contributed by atoms with E-state index in [1.165, 1.54) is 51.4 Å². The van der Waals surface area contributed by atoms with Crippen LogP contribution in [0.2, 0.25) is 0 Å². The molecule has 14 heteroatoms. The topological polar surface area (TPSA) is 133 Å². The van der Waals surface area contributed by atoms with E-state index in [0.29, 0.717) is 171 Å². The maximum Gasteiger partial charge on any atom is 0.222 e. The van der Waals surface area contributed by atoms with Gasteiger partial charge in [-0.3, -0.25) is 9.59 Å². The largest absolute Gasteiger partial charge is 0.377 e. The highest BCUT2D eigenvalue weighted by Crippen LogP contribution is 2.14. The number of carbonyl (C=O) groups excluding carboxylic acids is 2. The van der Waals surface area contributed by atoms with Gasteiger partial charge in [-0.05, 0) is 12.8 Å². The minimum atomic E-state index is 0.175. The molecule has 0 aromatic carbocycles. The summed E-state index contributed by atoms with van der Waals surface area (Å²) in [6.45, 7) is 12.6. The van der Waals surface area contributed by atoms with Crippen LogP contribution >= 0.6 is 0 Å². The van der Waals surface area contributed by atoms with Gasteiger partial charge < -0.3 is 57.2 Å². The van der Waals surface area contributed by atoms with Gasteiger partial charge in [0, 0.05) is 39.0 Å². The SMILES string of the molecule is O=C(CCCCCCCCCCCCCCC(=O)N1CCOCCOCCOCCOCCOCC1)N1CCOCCOCCOCCOCCOCC1. The van der Waals surface area contributed by atoms with Crippen molar-refractivity contribution in [3.05, 3.63) is 0 Å². The van der Waals surface area contributed by atoms with E-state index in [2.05, 4.69) is 0 Å². The predicted octanol–water partition coefficient (Wildman–Crippen LogP) is 4.30. The van der Waals surface area contributed by atoms with Crippen LogP contribution in [0.4, 0.5) is 0 Å². The quantitative estimate of drug-likeness (QED) is 0.220. The van der Waals surface area contributed by atoms with Gasteiger partial charge in [-0.15, -0.1) is 0 Å². The number of unbranched alkanes of at least 4 members (excludes halogenated alkanes) is 11. The standard InChI is InChI=1S/C40H76N2O12/c43-39(41-15-19-45-23-27-49-31-35-53-36-32-50-28-24-46-20-16-41)13-11-9-7-5-3-1-2-4-6-8-10-12-14-40(44)42-17-21-47-25-29-51-33-37-54-38-34-52-30-26-48-22-18-42/h1-38H2. The highest BCUT2D eigenvalue weighted by Gasteiger charge is 2.15. The van der Waals surface area contributed by atoms with Crippen LogP contribution in [0.3, 0.4) is 0 Å². The third-order valence-electron chi connectivity index (χ3n) is 9.23. The number of carbonyl (C=O) groups is 2. The average Bonchev–Trinajstić information content (AvgIpc) is 3.17. The third kappa shape index (κ3) is 30.7. The smallest absolute Gasteiger partial charge is 0.222 e. The second-order valence-electron chi connectivity index (χ2n) is 13.6. The Kier molecular flexibility index (Phi) is 34.6. The summed E-state index contributed by atoms with van der Waals surface area (Å²) in [5.41, 5.74) is 0. The second kappa shape index (κ2) is 38.4. The van der Waals surface area contributed by atoms with Gasteiger partial charge >= 0.3 is 0 Å². The Bertz CT molecular complexity index is 741. The normalized spacial score (nSPS) is 20.3. The van der Waals surface area contributed by atoms with Gasteiger partial charge in [0.1, 0.15) is 0 Å². The van der Waals surface area contributed by atoms with E-state index in [1.807, 2.05) is 9.80 Å². The zero-order chi connectivity index (χ0) is 38.3. The second-order valence-corrected chi connectivity index (χ2v) is 13.6. The van der Waals surface area contributed by atoms with Crippen LogP contribution in [0.1, 0.15) is 89.9 Å². The van der Waals surface area contributed by atoms with Crippen LogP contribution in [0, 0.1) is 0 Å². The Balaban J connectivity index is 1.46. The van der Waals surface area contributed by atoms with Crippen molar-refractivity contribution >= 4 is 11.8 Å². The lowest BCUT2D eigenvalue weighted by atomic mass is 10.0. The number of hydrogen-bond donors (Lipinski definition) is 0. The first kappa shape index (κ1) is 48.7. The molecule has 2 amide bonds. The lowest BCUT2D eigenvalue weighted by Gasteiger charge is -2.23. The predicted molar refractivity (Wildman–Crippen MR) is 206 cm³/mol. The molecule has 0 radical (unpaired) electrons. The summed E-state index contributed by atoms with van der Waals surface area (Å²) in [7, 11) is 0. The lowest BCUT2D eigenvalue weighted by molar-refractivity contribution is -0.133. The van der Waals surface area contributed by atoms with E-state index in [4.69, 9.17) is 47.4 Å². The molecule has 318 valence electrons. The molecule has 14 nitrogen and oxygen atoms in total. The molecule has 0 N–H and O–H groups in total. The molecule has 0 aliphatic carbocycles. The van der Waals surface area contributed by atoms with E-state index < -0.39 is 0 Å². The fourth-order valence-corrected chi connectivity index (χ4v) is 6.02. The summed E-state index contributed by atoms with van der Waals surface area (Å²) >= 11 is 0. The van der Waals surface area contributed by atoms with Crippen LogP contribution in [-0.4, -0.2) is 180 Å². The van der Waals surface area contributed by atoms with Gasteiger partial charge in [0.05, 0.1) is 132 Å². The molecular weight excluding hydrogens is 700 g/mol. The van der Waals surface area contributed by atoms with Gasteiger partial charge in [-0.25, -0.2) is 0 Å². The van der Waals surface area contributed by atoms with Gasteiger partial charge in [0.15, 0.2) is 0 Å². The van der Waals surface area contributed by atoms with Crippen LogP contribution in [0.5, 0.6) is 0 Å². The maximum atomic E-state index is 13.0. The van der Waals surface area contributed by atoms with Crippen LogP contribution < -0.4 is 0 Å². The average molecular weight is 777 g/mol. The van der Waals surface area contributed by atoms with Crippen molar-refractivity contribution in [2.75, 3.05) is 158 Å². The Morgan fingerprint density at radius 1 is 0.259 bits per heavy atom. The minimum absolute atomic E-state index is 0.175. The Hall–Kier alpha value is -1.46. The summed E-state index contributed by atoms with van der Waals surface area (Å²) in [4.78, 5) is 29.7. The number of hydrogen-bond acceptors (Lipinski definition) is 12. The summed E-state index contributed by atoms with van der Waals surface area (Å²) in [6, 6.07) is 0. The van der Waals surface area contributed by atoms with Crippen LogP contribution in [-0.2, 0) is 57.0 Å². The van der Waals surface area contributed by atoms with Crippen molar-refractivity contribution in [2.45, 2.75) is 89.9 Å². The summed E-state index contributed by atoms with van der Waals surface area (Å²) in [6.07, 6.45) is 15.0. The molecule has 0 bridgehead atoms. The van der Waals surface area contributed by atoms with E-state index in [9.17, 15) is 9.59 Å².